The second-order valence-corrected chi connectivity index (χ2v) is 17.1. The van der Waals surface area contributed by atoms with Crippen molar-refractivity contribution in [3.05, 3.63) is 168 Å². The van der Waals surface area contributed by atoms with Gasteiger partial charge in [0.2, 0.25) is 0 Å². The molecule has 0 aliphatic carbocycles. The summed E-state index contributed by atoms with van der Waals surface area (Å²) in [6.45, 7) is 3.46. The molecule has 60 heavy (non-hydrogen) atoms. The first-order valence-electron chi connectivity index (χ1n) is 26.5. The van der Waals surface area contributed by atoms with Gasteiger partial charge in [-0.25, -0.2) is 4.98 Å². The number of pyridine rings is 1. The number of fused-ring (bicyclic) bond motifs is 1. The Balaban J connectivity index is 0.00000800. The quantitative estimate of drug-likeness (QED) is 0.169. The molecule has 0 amide bonds. The Bertz CT molecular complexity index is 3410. The molecular formula is C55H54N3OPt-. The summed E-state index contributed by atoms with van der Waals surface area (Å²) in [5, 5.41) is 12.4. The molecule has 0 bridgehead atoms. The van der Waals surface area contributed by atoms with E-state index in [1.807, 2.05) is 74.7 Å². The molecule has 0 fully saturated rings. The van der Waals surface area contributed by atoms with Crippen LogP contribution in [0.1, 0.15) is 104 Å². The summed E-state index contributed by atoms with van der Waals surface area (Å²) in [5.41, 5.74) is 2.74. The molecule has 0 atom stereocenters. The number of phenols is 1. The van der Waals surface area contributed by atoms with Crippen LogP contribution in [0.15, 0.2) is 140 Å². The molecule has 4 nitrogen and oxygen atoms in total. The maximum absolute atomic E-state index is 12.4. The average molecular weight is 982 g/mol. The molecule has 2 heterocycles. The van der Waals surface area contributed by atoms with Crippen molar-refractivity contribution in [2.45, 2.75) is 85.3 Å². The van der Waals surface area contributed by atoms with E-state index in [0.29, 0.717) is 66.9 Å². The third-order valence-corrected chi connectivity index (χ3v) is 10.6. The van der Waals surface area contributed by atoms with E-state index in [1.165, 1.54) is 24.4 Å². The minimum Gasteiger partial charge on any atom is -0.507 e. The Labute approximate surface area is 390 Å². The number of hydrogen-bond donors (Lipinski definition) is 1. The van der Waals surface area contributed by atoms with Crippen molar-refractivity contribution >= 4 is 11.0 Å². The van der Waals surface area contributed by atoms with Gasteiger partial charge in [0.25, 0.3) is 0 Å². The van der Waals surface area contributed by atoms with Gasteiger partial charge in [-0.1, -0.05) is 164 Å². The molecule has 0 saturated heterocycles. The minimum absolute atomic E-state index is 0. The van der Waals surface area contributed by atoms with Crippen molar-refractivity contribution in [2.75, 3.05) is 0 Å². The van der Waals surface area contributed by atoms with Gasteiger partial charge >= 0.3 is 0 Å². The van der Waals surface area contributed by atoms with Gasteiger partial charge in [-0.3, -0.25) is 9.55 Å². The van der Waals surface area contributed by atoms with E-state index < -0.39 is 60.5 Å². The predicted molar refractivity (Wildman–Crippen MR) is 247 cm³/mol. The molecule has 5 heteroatoms. The Morgan fingerprint density at radius 1 is 0.650 bits per heavy atom. The molecule has 8 aromatic rings. The van der Waals surface area contributed by atoms with Crippen LogP contribution >= 0.6 is 0 Å². The number of nitrogens with zero attached hydrogens (tertiary/aromatic N) is 3. The standard InChI is InChI=1S/C55H54N3O.Pt/c1-35-28-45(51(59)46(29-35)55(8,9)10)52-57-50-43(22-17-23-49(50)58(52)48-25-24-41(53(2,3)4)34-44(48)37-20-15-12-16-21-37)39-30-40(32-42(31-39)54(5,6)7)47-33-38(26-27-56-47)36-18-13-11-14-19-36;/h11-29,31-34,59H,1-10H3;/q-1;/i2D3,3D3,4D3,11D,13D,14D,18D,19D;. The van der Waals surface area contributed by atoms with Gasteiger partial charge in [0.15, 0.2) is 0 Å². The molecule has 2 aromatic heterocycles. The first-order chi connectivity index (χ1) is 33.8. The minimum atomic E-state index is -3.52. The van der Waals surface area contributed by atoms with E-state index in [2.05, 4.69) is 26.8 Å². The maximum atomic E-state index is 12.4. The molecule has 0 aliphatic heterocycles. The summed E-state index contributed by atoms with van der Waals surface area (Å²) in [4.78, 5) is 10.1. The van der Waals surface area contributed by atoms with Crippen LogP contribution in [-0.4, -0.2) is 19.6 Å². The monoisotopic (exact) mass is 981 g/mol. The van der Waals surface area contributed by atoms with E-state index >= 15 is 0 Å². The van der Waals surface area contributed by atoms with Crippen LogP contribution in [0.25, 0.3) is 72.7 Å². The third kappa shape index (κ3) is 8.28. The van der Waals surface area contributed by atoms with Crippen molar-refractivity contribution < 1.29 is 45.4 Å². The van der Waals surface area contributed by atoms with Gasteiger partial charge in [0, 0.05) is 56.4 Å². The Kier molecular flexibility index (Phi) is 7.54. The number of rotatable bonds is 6. The number of hydrogen-bond acceptors (Lipinski definition) is 3. The molecule has 306 valence electrons. The molecule has 0 unspecified atom stereocenters. The molecule has 8 rings (SSSR count). The zero-order valence-corrected chi connectivity index (χ0v) is 36.8. The van der Waals surface area contributed by atoms with Gasteiger partial charge in [-0.05, 0) is 81.3 Å². The van der Waals surface area contributed by atoms with E-state index in [-0.39, 0.29) is 50.3 Å². The zero-order chi connectivity index (χ0) is 53.7. The van der Waals surface area contributed by atoms with Gasteiger partial charge in [0.1, 0.15) is 11.6 Å². The van der Waals surface area contributed by atoms with Crippen LogP contribution in [0.2, 0.25) is 0 Å². The Morgan fingerprint density at radius 3 is 2.08 bits per heavy atom. The first-order valence-corrected chi connectivity index (χ1v) is 19.5. The van der Waals surface area contributed by atoms with Crippen molar-refractivity contribution in [1.82, 2.24) is 14.5 Å². The number of imidazole rings is 1. The van der Waals surface area contributed by atoms with Gasteiger partial charge in [0.05, 0.1) is 29.1 Å². The summed E-state index contributed by atoms with van der Waals surface area (Å²) in [5.74, 6) is 0.238. The van der Waals surface area contributed by atoms with Gasteiger partial charge in [-0.15, -0.1) is 29.3 Å². The average Bonchev–Trinajstić information content (AvgIpc) is 3.68. The predicted octanol–water partition coefficient (Wildman–Crippen LogP) is 14.5. The number of para-hydroxylation sites is 1. The molecular weight excluding hydrogens is 914 g/mol. The fourth-order valence-electron chi connectivity index (χ4n) is 7.49. The van der Waals surface area contributed by atoms with Crippen molar-refractivity contribution in [1.29, 1.82) is 0 Å². The van der Waals surface area contributed by atoms with Crippen LogP contribution in [0.5, 0.6) is 5.75 Å². The number of phenolic OH excluding ortho intramolecular Hbond substituents is 1. The third-order valence-electron chi connectivity index (χ3n) is 10.6. The van der Waals surface area contributed by atoms with Gasteiger partial charge in [-0.2, -0.15) is 0 Å². The Hall–Kier alpha value is -5.57. The summed E-state index contributed by atoms with van der Waals surface area (Å²) in [6, 6.07) is 30.9. The summed E-state index contributed by atoms with van der Waals surface area (Å²) >= 11 is 0. The molecule has 0 aliphatic rings. The van der Waals surface area contributed by atoms with E-state index in [1.54, 1.807) is 42.5 Å². The normalized spacial score (nSPS) is 16.1. The topological polar surface area (TPSA) is 50.9 Å². The van der Waals surface area contributed by atoms with Crippen LogP contribution in [-0.2, 0) is 37.3 Å². The van der Waals surface area contributed by atoms with Crippen LogP contribution in [0.4, 0.5) is 0 Å². The second-order valence-electron chi connectivity index (χ2n) is 17.1. The van der Waals surface area contributed by atoms with Crippen molar-refractivity contribution in [3.63, 3.8) is 0 Å². The fourth-order valence-corrected chi connectivity index (χ4v) is 7.49. The molecule has 0 radical (unpaired) electrons. The molecule has 6 aromatic carbocycles. The SMILES string of the molecule is [2H]c1c([2H])c([2H])c(-c2ccnc(-c3[c-]c(-c4cccc5c4nc(-c4cc(C)cc(C(C)(C)C)c4O)n5-c4ccc(C(C([2H])([2H])[2H])(C([2H])([2H])[2H])C([2H])([2H])[2H])cc4-c4ccccc4)cc(C(C)(C)C)c3)c2)c([2H])c1[2H].[Pt]. The van der Waals surface area contributed by atoms with Crippen molar-refractivity contribution in [3.8, 4) is 67.5 Å². The molecule has 1 N–H and O–H groups in total. The van der Waals surface area contributed by atoms with Gasteiger partial charge < -0.3 is 5.11 Å². The summed E-state index contributed by atoms with van der Waals surface area (Å²) < 4.78 is 121. The fraction of sp³-hybridized carbons (Fsp3) is 0.236. The van der Waals surface area contributed by atoms with Crippen molar-refractivity contribution in [2.24, 2.45) is 0 Å². The van der Waals surface area contributed by atoms with Crippen LogP contribution < -0.4 is 0 Å². The second kappa shape index (κ2) is 16.1. The van der Waals surface area contributed by atoms with Crippen LogP contribution in [0.3, 0.4) is 0 Å². The molecule has 0 spiro atoms. The number of benzene rings is 6. The number of aromatic nitrogens is 3. The first kappa shape index (κ1) is 28.0. The van der Waals surface area contributed by atoms with E-state index in [9.17, 15) is 5.11 Å². The summed E-state index contributed by atoms with van der Waals surface area (Å²) in [6.07, 6.45) is 1.52. The largest absolute Gasteiger partial charge is 0.507 e. The maximum Gasteiger partial charge on any atom is 0.148 e. The number of aryl methyl sites for hydroxylation is 1. The Morgan fingerprint density at radius 2 is 1.38 bits per heavy atom. The summed E-state index contributed by atoms with van der Waals surface area (Å²) in [7, 11) is 0. The van der Waals surface area contributed by atoms with E-state index in [4.69, 9.17) is 29.2 Å². The molecule has 0 saturated carbocycles. The zero-order valence-electron chi connectivity index (χ0n) is 48.5. The van der Waals surface area contributed by atoms with E-state index in [0.717, 1.165) is 11.1 Å². The van der Waals surface area contributed by atoms with Crippen LogP contribution in [0, 0.1) is 13.0 Å². The number of aromatic hydroxyl groups is 1. The smallest absolute Gasteiger partial charge is 0.148 e.